The lowest BCUT2D eigenvalue weighted by atomic mass is 9.98. The van der Waals surface area contributed by atoms with Gasteiger partial charge in [-0.3, -0.25) is 0 Å². The number of hydrogen-bond acceptors (Lipinski definition) is 3. The normalized spacial score (nSPS) is 16.9. The zero-order chi connectivity index (χ0) is 11.9. The van der Waals surface area contributed by atoms with Crippen molar-refractivity contribution in [3.63, 3.8) is 0 Å². The Balaban J connectivity index is 1.89. The van der Waals surface area contributed by atoms with E-state index in [4.69, 9.17) is 10.1 Å². The zero-order valence-corrected chi connectivity index (χ0v) is 9.72. The van der Waals surface area contributed by atoms with Gasteiger partial charge in [0.15, 0.2) is 0 Å². The molecule has 1 fully saturated rings. The first-order chi connectivity index (χ1) is 8.38. The van der Waals surface area contributed by atoms with E-state index >= 15 is 0 Å². The molecule has 1 radical (unpaired) electrons. The van der Waals surface area contributed by atoms with Crippen molar-refractivity contribution in [3.8, 4) is 6.07 Å². The molecule has 0 saturated heterocycles. The fourth-order valence-electron chi connectivity index (χ4n) is 1.98. The summed E-state index contributed by atoms with van der Waals surface area (Å²) in [5, 5.41) is 12.6. The molecule has 1 aliphatic rings. The molecule has 0 atom stereocenters. The van der Waals surface area contributed by atoms with Crippen LogP contribution in [-0.4, -0.2) is 12.3 Å². The van der Waals surface area contributed by atoms with Gasteiger partial charge in [0, 0.05) is 5.56 Å². The van der Waals surface area contributed by atoms with Crippen LogP contribution in [0, 0.1) is 11.3 Å². The number of hydrogen-bond donors (Lipinski definition) is 0. The number of nitriles is 1. The highest BCUT2D eigenvalue weighted by Crippen LogP contribution is 2.20. The zero-order valence-electron chi connectivity index (χ0n) is 9.72. The van der Waals surface area contributed by atoms with Crippen molar-refractivity contribution < 1.29 is 4.84 Å². The second-order valence-corrected chi connectivity index (χ2v) is 4.26. The van der Waals surface area contributed by atoms with Gasteiger partial charge in [0.05, 0.1) is 11.6 Å². The van der Waals surface area contributed by atoms with Gasteiger partial charge in [-0.15, -0.1) is 0 Å². The molecule has 87 valence electrons. The van der Waals surface area contributed by atoms with Crippen LogP contribution in [0.25, 0.3) is 0 Å². The van der Waals surface area contributed by atoms with Crippen LogP contribution < -0.4 is 0 Å². The largest absolute Gasteiger partial charge is 0.392 e. The third kappa shape index (κ3) is 3.60. The summed E-state index contributed by atoms with van der Waals surface area (Å²) in [6.45, 7) is 0. The molecule has 0 bridgehead atoms. The molecule has 0 aliphatic heterocycles. The Kier molecular flexibility index (Phi) is 4.15. The average Bonchev–Trinajstić information content (AvgIpc) is 2.40. The molecule has 3 nitrogen and oxygen atoms in total. The second-order valence-electron chi connectivity index (χ2n) is 4.26. The molecule has 17 heavy (non-hydrogen) atoms. The molecule has 3 heteroatoms. The lowest BCUT2D eigenvalue weighted by Crippen LogP contribution is -2.13. The summed E-state index contributed by atoms with van der Waals surface area (Å²) in [5.74, 6) is 0. The fraction of sp³-hybridized carbons (Fsp3) is 0.429. The maximum absolute atomic E-state index is 8.75. The monoisotopic (exact) mass is 227 g/mol. The van der Waals surface area contributed by atoms with Crippen LogP contribution >= 0.6 is 0 Å². The van der Waals surface area contributed by atoms with E-state index in [1.54, 1.807) is 12.1 Å². The van der Waals surface area contributed by atoms with Gasteiger partial charge in [0.1, 0.15) is 12.3 Å². The summed E-state index contributed by atoms with van der Waals surface area (Å²) in [5.41, 5.74) is 1.39. The predicted octanol–water partition coefficient (Wildman–Crippen LogP) is 3.12. The Morgan fingerprint density at radius 2 is 1.94 bits per heavy atom. The van der Waals surface area contributed by atoms with Crippen molar-refractivity contribution in [1.29, 1.82) is 5.26 Å². The molecule has 2 rings (SSSR count). The summed E-state index contributed by atoms with van der Waals surface area (Å²) in [7, 11) is 0. The van der Waals surface area contributed by atoms with Crippen molar-refractivity contribution in [2.45, 2.75) is 38.2 Å². The summed E-state index contributed by atoms with van der Waals surface area (Å²) < 4.78 is 0. The maximum Gasteiger partial charge on any atom is 0.139 e. The summed E-state index contributed by atoms with van der Waals surface area (Å²) >= 11 is 0. The molecule has 0 amide bonds. The van der Waals surface area contributed by atoms with Crippen molar-refractivity contribution in [1.82, 2.24) is 0 Å². The topological polar surface area (TPSA) is 45.4 Å². The van der Waals surface area contributed by atoms with E-state index in [0.29, 0.717) is 5.56 Å². The van der Waals surface area contributed by atoms with Crippen LogP contribution in [0.3, 0.4) is 0 Å². The molecule has 0 spiro atoms. The fourth-order valence-corrected chi connectivity index (χ4v) is 1.98. The number of benzene rings is 1. The highest BCUT2D eigenvalue weighted by Gasteiger charge is 2.13. The Morgan fingerprint density at radius 1 is 1.18 bits per heavy atom. The van der Waals surface area contributed by atoms with Gasteiger partial charge >= 0.3 is 0 Å². The standard InChI is InChI=1S/C14H15N2O/c15-10-12-5-4-6-13(9-12)11-16-17-14-7-2-1-3-8-14/h4-6,9,14H,1-3,7-8H2. The van der Waals surface area contributed by atoms with Crippen molar-refractivity contribution in [2.24, 2.45) is 5.16 Å². The van der Waals surface area contributed by atoms with E-state index in [2.05, 4.69) is 17.4 Å². The molecule has 0 heterocycles. The third-order valence-electron chi connectivity index (χ3n) is 2.92. The van der Waals surface area contributed by atoms with E-state index in [-0.39, 0.29) is 6.10 Å². The molecule has 0 N–H and O–H groups in total. The minimum absolute atomic E-state index is 0.246. The molecule has 1 aromatic carbocycles. The van der Waals surface area contributed by atoms with Crippen molar-refractivity contribution >= 4 is 6.21 Å². The Labute approximate surface area is 102 Å². The molecule has 1 saturated carbocycles. The Bertz CT molecular complexity index is 428. The number of rotatable bonds is 3. The van der Waals surface area contributed by atoms with Crippen LogP contribution in [-0.2, 0) is 4.84 Å². The van der Waals surface area contributed by atoms with E-state index in [0.717, 1.165) is 18.4 Å². The molecule has 1 aliphatic carbocycles. The third-order valence-corrected chi connectivity index (χ3v) is 2.92. The van der Waals surface area contributed by atoms with Crippen LogP contribution in [0.2, 0.25) is 0 Å². The van der Waals surface area contributed by atoms with Crippen LogP contribution in [0.5, 0.6) is 0 Å². The smallest absolute Gasteiger partial charge is 0.139 e. The van der Waals surface area contributed by atoms with Gasteiger partial charge < -0.3 is 4.84 Å². The quantitative estimate of drug-likeness (QED) is 0.588. The van der Waals surface area contributed by atoms with Crippen LogP contribution in [0.1, 0.15) is 43.2 Å². The van der Waals surface area contributed by atoms with E-state index < -0.39 is 0 Å². The highest BCUT2D eigenvalue weighted by atomic mass is 16.6. The van der Waals surface area contributed by atoms with Gasteiger partial charge in [-0.1, -0.05) is 23.7 Å². The summed E-state index contributed by atoms with van der Waals surface area (Å²) in [6.07, 6.45) is 8.99. The molecule has 0 aromatic heterocycles. The summed E-state index contributed by atoms with van der Waals surface area (Å²) in [4.78, 5) is 5.39. The first kappa shape index (κ1) is 11.7. The van der Waals surface area contributed by atoms with E-state index in [1.165, 1.54) is 19.3 Å². The van der Waals surface area contributed by atoms with Crippen molar-refractivity contribution in [2.75, 3.05) is 0 Å². The SMILES string of the molecule is N#Cc1cccc(/[C]=N/OC2CCCCC2)c1. The molecular formula is C14H15N2O. The minimum Gasteiger partial charge on any atom is -0.392 e. The first-order valence-corrected chi connectivity index (χ1v) is 6.00. The highest BCUT2D eigenvalue weighted by molar-refractivity contribution is 5.79. The van der Waals surface area contributed by atoms with Gasteiger partial charge in [0.25, 0.3) is 0 Å². The van der Waals surface area contributed by atoms with E-state index in [9.17, 15) is 0 Å². The Morgan fingerprint density at radius 3 is 2.71 bits per heavy atom. The maximum atomic E-state index is 8.75. The van der Waals surface area contributed by atoms with Crippen LogP contribution in [0.15, 0.2) is 29.4 Å². The number of nitrogens with zero attached hydrogens (tertiary/aromatic N) is 2. The van der Waals surface area contributed by atoms with Crippen molar-refractivity contribution in [3.05, 3.63) is 35.4 Å². The van der Waals surface area contributed by atoms with E-state index in [1.807, 2.05) is 12.1 Å². The molecule has 1 aromatic rings. The lowest BCUT2D eigenvalue weighted by Gasteiger charge is -2.18. The lowest BCUT2D eigenvalue weighted by molar-refractivity contribution is 0.0340. The average molecular weight is 227 g/mol. The Hall–Kier alpha value is -1.82. The predicted molar refractivity (Wildman–Crippen MR) is 65.7 cm³/mol. The van der Waals surface area contributed by atoms with Gasteiger partial charge in [0.2, 0.25) is 0 Å². The molecule has 0 unspecified atom stereocenters. The first-order valence-electron chi connectivity index (χ1n) is 6.00. The molecular weight excluding hydrogens is 212 g/mol. The summed E-state index contributed by atoms with van der Waals surface area (Å²) in [6, 6.07) is 9.26. The second kappa shape index (κ2) is 6.05. The van der Waals surface area contributed by atoms with Crippen LogP contribution in [0.4, 0.5) is 0 Å². The van der Waals surface area contributed by atoms with Gasteiger partial charge in [-0.2, -0.15) is 5.26 Å². The van der Waals surface area contributed by atoms with Gasteiger partial charge in [-0.05, 0) is 37.8 Å². The van der Waals surface area contributed by atoms with Gasteiger partial charge in [-0.25, -0.2) is 0 Å². The minimum atomic E-state index is 0.246.